The molecule has 7 nitrogen and oxygen atoms in total. The van der Waals surface area contributed by atoms with Crippen molar-refractivity contribution in [1.29, 1.82) is 0 Å². The average molecular weight is 724 g/mol. The van der Waals surface area contributed by atoms with Crippen LogP contribution in [0, 0.1) is 46.0 Å². The molecule has 2 amide bonds. The van der Waals surface area contributed by atoms with Crippen LogP contribution >= 0.6 is 0 Å². The van der Waals surface area contributed by atoms with E-state index in [-0.39, 0.29) is 34.8 Å². The van der Waals surface area contributed by atoms with Gasteiger partial charge in [-0.3, -0.25) is 14.5 Å². The molecule has 2 aliphatic heterocycles. The molecule has 0 bridgehead atoms. The van der Waals surface area contributed by atoms with Gasteiger partial charge in [-0.15, -0.1) is 5.54 Å². The topological polar surface area (TPSA) is 84.3 Å². The molecule has 6 aliphatic rings. The molecule has 2 saturated heterocycles. The number of amides is 2. The Morgan fingerprint density at radius 3 is 2.37 bits per heavy atom. The molecule has 10 atom stereocenters. The summed E-state index contributed by atoms with van der Waals surface area (Å²) in [6.07, 6.45) is 9.51. The molecule has 2 aromatic carbocycles. The van der Waals surface area contributed by atoms with Gasteiger partial charge in [-0.2, -0.15) is 0 Å². The molecule has 2 heterocycles. The number of carbonyl (C=O) groups excluding carboxylic acids is 2. The first-order valence-electron chi connectivity index (χ1n) is 20.5. The fourth-order valence-electron chi connectivity index (χ4n) is 12.5. The number of nitrogens with zero attached hydrogens (tertiary/aromatic N) is 3. The smallest absolute Gasteiger partial charge is 0.255 e. The van der Waals surface area contributed by atoms with Gasteiger partial charge in [-0.1, -0.05) is 75.8 Å². The summed E-state index contributed by atoms with van der Waals surface area (Å²) in [5.41, 5.74) is 3.36. The third-order valence-corrected chi connectivity index (χ3v) is 16.3. The van der Waals surface area contributed by atoms with Crippen molar-refractivity contribution >= 4 is 30.7 Å². The molecule has 8 heteroatoms. The number of hydrogen-bond donors (Lipinski definition) is 2. The summed E-state index contributed by atoms with van der Waals surface area (Å²) in [6, 6.07) is 13.5. The molecule has 4 saturated carbocycles. The second kappa shape index (κ2) is 13.3. The third kappa shape index (κ3) is 5.97. The van der Waals surface area contributed by atoms with E-state index in [0.717, 1.165) is 68.8 Å². The lowest BCUT2D eigenvalue weighted by atomic mass is 9.44. The van der Waals surface area contributed by atoms with Crippen molar-refractivity contribution in [3.8, 4) is 11.5 Å². The van der Waals surface area contributed by atoms with Gasteiger partial charge in [-0.05, 0) is 110 Å². The number of carbonyl (C=O) groups is 2. The lowest BCUT2D eigenvalue weighted by Crippen LogP contribution is -2.63. The van der Waals surface area contributed by atoms with Crippen LogP contribution in [0.4, 0.5) is 0 Å². The van der Waals surface area contributed by atoms with Crippen LogP contribution in [0.5, 0.6) is 0 Å². The molecule has 0 aromatic heterocycles. The highest BCUT2D eigenvalue weighted by Gasteiger charge is 2.65. The van der Waals surface area contributed by atoms with Crippen LogP contribution < -0.4 is 0 Å². The molecule has 2 N–H and O–H groups in total. The summed E-state index contributed by atoms with van der Waals surface area (Å²) in [4.78, 5) is 34.2. The number of piperazine rings is 1. The van der Waals surface area contributed by atoms with Crippen LogP contribution in [0.25, 0.3) is 10.8 Å². The van der Waals surface area contributed by atoms with Crippen LogP contribution in [-0.2, 0) is 4.79 Å². The van der Waals surface area contributed by atoms with E-state index in [1.807, 2.05) is 52.3 Å². The first-order valence-corrected chi connectivity index (χ1v) is 24.0. The molecule has 2 aromatic rings. The standard InChI is InChI=1S/C44H61N3O4Si/c1-42-29-38(39(48)28-31(42)15-16-34-35(42)17-19-43(2)36(34)18-20-44(43,51)21-27-52(3,4)5)45-23-25-46(26-24-45)41(50)37-14-9-22-47(37)40(49)33-13-8-11-30-10-6-7-12-32(30)33/h6-8,10-13,31,34-39,48,51H,9,14-20,22-26,28-29H2,1-5H3/t31?,34?,35?,36?,37-,38-,39-,42-,43-,44+/m0/s1. The molecule has 0 spiro atoms. The van der Waals surface area contributed by atoms with Crippen molar-refractivity contribution in [3.63, 3.8) is 0 Å². The fraction of sp³-hybridized carbons (Fsp3) is 0.682. The fourth-order valence-corrected chi connectivity index (χ4v) is 13.1. The largest absolute Gasteiger partial charge is 0.391 e. The van der Waals surface area contributed by atoms with Gasteiger partial charge < -0.3 is 20.0 Å². The molecule has 4 aliphatic carbocycles. The SMILES string of the molecule is C[C@]12C[C@H](N3CCN(C(=O)[C@@H]4CCCN4C(=O)c4cccc5ccccc45)CC3)[C@@H](O)CC1CCC1C2CC[C@@]2(C)C1CC[C@@]2(O)C#C[Si](C)(C)C. The van der Waals surface area contributed by atoms with Crippen LogP contribution in [0.2, 0.25) is 19.6 Å². The van der Waals surface area contributed by atoms with E-state index < -0.39 is 19.7 Å². The minimum Gasteiger partial charge on any atom is -0.391 e. The third-order valence-electron chi connectivity index (χ3n) is 15.4. The summed E-state index contributed by atoms with van der Waals surface area (Å²) >= 11 is 0. The van der Waals surface area contributed by atoms with Crippen LogP contribution in [-0.4, -0.2) is 101 Å². The number of hydrogen-bond acceptors (Lipinski definition) is 5. The predicted molar refractivity (Wildman–Crippen MR) is 209 cm³/mol. The summed E-state index contributed by atoms with van der Waals surface area (Å²) in [7, 11) is -1.60. The average Bonchev–Trinajstić information content (AvgIpc) is 3.72. The maximum atomic E-state index is 14.0. The van der Waals surface area contributed by atoms with E-state index in [9.17, 15) is 19.8 Å². The van der Waals surface area contributed by atoms with Gasteiger partial charge in [0.1, 0.15) is 19.7 Å². The molecule has 4 unspecified atom stereocenters. The monoisotopic (exact) mass is 723 g/mol. The molecule has 8 rings (SSSR count). The van der Waals surface area contributed by atoms with Gasteiger partial charge >= 0.3 is 0 Å². The van der Waals surface area contributed by atoms with Crippen molar-refractivity contribution in [2.24, 2.45) is 34.5 Å². The molecule has 6 fully saturated rings. The minimum atomic E-state index is -1.60. The zero-order chi connectivity index (χ0) is 36.6. The molecular weight excluding hydrogens is 663 g/mol. The zero-order valence-electron chi connectivity index (χ0n) is 32.2. The Bertz CT molecular complexity index is 1770. The van der Waals surface area contributed by atoms with Gasteiger partial charge in [0.2, 0.25) is 5.91 Å². The van der Waals surface area contributed by atoms with Gasteiger partial charge in [0, 0.05) is 49.7 Å². The number of aliphatic hydroxyl groups is 2. The number of fused-ring (bicyclic) bond motifs is 6. The summed E-state index contributed by atoms with van der Waals surface area (Å²) in [5.74, 6) is 5.78. The van der Waals surface area contributed by atoms with Gasteiger partial charge in [0.05, 0.1) is 6.10 Å². The first kappa shape index (κ1) is 36.3. The summed E-state index contributed by atoms with van der Waals surface area (Å²) < 4.78 is 0. The maximum Gasteiger partial charge on any atom is 0.255 e. The zero-order valence-corrected chi connectivity index (χ0v) is 33.2. The Morgan fingerprint density at radius 1 is 0.865 bits per heavy atom. The van der Waals surface area contributed by atoms with E-state index in [0.29, 0.717) is 55.3 Å². The normalized spacial score (nSPS) is 39.3. The van der Waals surface area contributed by atoms with Crippen molar-refractivity contribution < 1.29 is 19.8 Å². The number of rotatable bonds is 3. The van der Waals surface area contributed by atoms with Crippen LogP contribution in [0.1, 0.15) is 88.4 Å². The number of benzene rings is 2. The van der Waals surface area contributed by atoms with E-state index in [2.05, 4.69) is 49.9 Å². The van der Waals surface area contributed by atoms with Gasteiger partial charge in [-0.25, -0.2) is 0 Å². The van der Waals surface area contributed by atoms with Gasteiger partial charge in [0.15, 0.2) is 0 Å². The Balaban J connectivity index is 0.931. The Labute approximate surface area is 312 Å². The van der Waals surface area contributed by atoms with Crippen molar-refractivity contribution in [2.75, 3.05) is 32.7 Å². The molecular formula is C44H61N3O4Si. The Kier molecular flexibility index (Phi) is 9.25. The van der Waals surface area contributed by atoms with Crippen LogP contribution in [0.3, 0.4) is 0 Å². The molecule has 280 valence electrons. The first-order chi connectivity index (χ1) is 24.7. The van der Waals surface area contributed by atoms with Crippen LogP contribution in [0.15, 0.2) is 42.5 Å². The summed E-state index contributed by atoms with van der Waals surface area (Å²) in [6.45, 7) is 15.1. The van der Waals surface area contributed by atoms with E-state index in [1.54, 1.807) is 0 Å². The lowest BCUT2D eigenvalue weighted by Gasteiger charge is -2.63. The lowest BCUT2D eigenvalue weighted by molar-refractivity contribution is -0.163. The van der Waals surface area contributed by atoms with E-state index >= 15 is 0 Å². The predicted octanol–water partition coefficient (Wildman–Crippen LogP) is 6.58. The van der Waals surface area contributed by atoms with E-state index in [1.165, 1.54) is 12.8 Å². The Morgan fingerprint density at radius 2 is 1.60 bits per heavy atom. The molecule has 0 radical (unpaired) electrons. The van der Waals surface area contributed by atoms with Crippen molar-refractivity contribution in [1.82, 2.24) is 14.7 Å². The Hall–Kier alpha value is -2.70. The maximum absolute atomic E-state index is 14.0. The highest BCUT2D eigenvalue weighted by molar-refractivity contribution is 6.83. The van der Waals surface area contributed by atoms with Gasteiger partial charge in [0.25, 0.3) is 5.91 Å². The van der Waals surface area contributed by atoms with Crippen molar-refractivity contribution in [3.05, 3.63) is 48.0 Å². The highest BCUT2D eigenvalue weighted by Crippen LogP contribution is 2.68. The highest BCUT2D eigenvalue weighted by atomic mass is 28.3. The molecule has 52 heavy (non-hydrogen) atoms. The summed E-state index contributed by atoms with van der Waals surface area (Å²) in [5, 5.41) is 25.7. The quantitative estimate of drug-likeness (QED) is 0.276. The van der Waals surface area contributed by atoms with E-state index in [4.69, 9.17) is 0 Å². The van der Waals surface area contributed by atoms with Crippen molar-refractivity contribution in [2.45, 2.75) is 121 Å². The number of likely N-dealkylation sites (tertiary alicyclic amines) is 1. The number of aliphatic hydroxyl groups excluding tert-OH is 1. The second-order valence-corrected chi connectivity index (χ2v) is 23.9. The minimum absolute atomic E-state index is 0.0463. The second-order valence-electron chi connectivity index (χ2n) is 19.1.